The fraction of sp³-hybridized carbons (Fsp3) is 0.786. The molecule has 1 N–H and O–H groups in total. The first kappa shape index (κ1) is 13.0. The van der Waals surface area contributed by atoms with Gasteiger partial charge in [-0.25, -0.2) is 4.98 Å². The lowest BCUT2D eigenvalue weighted by Gasteiger charge is -2.07. The molecule has 0 aromatic carbocycles. The van der Waals surface area contributed by atoms with E-state index in [9.17, 15) is 0 Å². The van der Waals surface area contributed by atoms with Gasteiger partial charge in [0.15, 0.2) is 0 Å². The van der Waals surface area contributed by atoms with Gasteiger partial charge in [0.25, 0.3) is 0 Å². The van der Waals surface area contributed by atoms with Gasteiger partial charge in [0.05, 0.1) is 10.7 Å². The van der Waals surface area contributed by atoms with E-state index in [-0.39, 0.29) is 0 Å². The van der Waals surface area contributed by atoms with Gasteiger partial charge < -0.3 is 5.32 Å². The molecule has 96 valence electrons. The summed E-state index contributed by atoms with van der Waals surface area (Å²) in [7, 11) is 0. The monoisotopic (exact) mass is 252 g/mol. The number of nitrogens with zero attached hydrogens (tertiary/aromatic N) is 1. The predicted molar refractivity (Wildman–Crippen MR) is 74.8 cm³/mol. The summed E-state index contributed by atoms with van der Waals surface area (Å²) in [6.45, 7) is 8.77. The van der Waals surface area contributed by atoms with Crippen molar-refractivity contribution in [2.75, 3.05) is 6.54 Å². The Kier molecular flexibility index (Phi) is 4.57. The smallest absolute Gasteiger partial charge is 0.0962 e. The summed E-state index contributed by atoms with van der Waals surface area (Å²) < 4.78 is 0. The molecule has 1 aromatic rings. The summed E-state index contributed by atoms with van der Waals surface area (Å²) in [6, 6.07) is 0. The molecule has 1 aliphatic carbocycles. The van der Waals surface area contributed by atoms with Gasteiger partial charge in [0, 0.05) is 23.3 Å². The summed E-state index contributed by atoms with van der Waals surface area (Å²) >= 11 is 1.95. The Morgan fingerprint density at radius 2 is 2.00 bits per heavy atom. The molecule has 0 aliphatic heterocycles. The van der Waals surface area contributed by atoms with E-state index in [2.05, 4.69) is 26.1 Å². The Hall–Kier alpha value is -0.410. The van der Waals surface area contributed by atoms with Crippen molar-refractivity contribution in [3.05, 3.63) is 15.6 Å². The lowest BCUT2D eigenvalue weighted by molar-refractivity contribution is 0.634. The first-order valence-corrected chi connectivity index (χ1v) is 7.81. The maximum Gasteiger partial charge on any atom is 0.0962 e. The van der Waals surface area contributed by atoms with Crippen molar-refractivity contribution in [1.82, 2.24) is 10.3 Å². The fourth-order valence-corrected chi connectivity index (χ4v) is 3.62. The summed E-state index contributed by atoms with van der Waals surface area (Å²) in [5.74, 6) is 1.45. The van der Waals surface area contributed by atoms with E-state index < -0.39 is 0 Å². The molecule has 1 saturated carbocycles. The molecular formula is C14H24N2S. The van der Waals surface area contributed by atoms with Gasteiger partial charge >= 0.3 is 0 Å². The second-order valence-electron chi connectivity index (χ2n) is 4.93. The quantitative estimate of drug-likeness (QED) is 0.792. The first-order valence-electron chi connectivity index (χ1n) is 7.00. The Morgan fingerprint density at radius 1 is 1.29 bits per heavy atom. The van der Waals surface area contributed by atoms with Crippen LogP contribution in [0.4, 0.5) is 0 Å². The molecule has 3 heteroatoms. The fourth-order valence-electron chi connectivity index (χ4n) is 2.24. The Bertz CT molecular complexity index is 351. The third-order valence-corrected chi connectivity index (χ3v) is 4.81. The van der Waals surface area contributed by atoms with Crippen LogP contribution in [-0.2, 0) is 6.54 Å². The number of hydrogen-bond acceptors (Lipinski definition) is 3. The molecule has 0 amide bonds. The van der Waals surface area contributed by atoms with Crippen LogP contribution < -0.4 is 5.32 Å². The van der Waals surface area contributed by atoms with Crippen LogP contribution in [0.5, 0.6) is 0 Å². The van der Waals surface area contributed by atoms with E-state index in [1.165, 1.54) is 41.3 Å². The van der Waals surface area contributed by atoms with Crippen LogP contribution in [0.25, 0.3) is 0 Å². The van der Waals surface area contributed by atoms with Crippen LogP contribution >= 0.6 is 11.3 Å². The van der Waals surface area contributed by atoms with E-state index in [0.29, 0.717) is 5.92 Å². The maximum absolute atomic E-state index is 4.95. The topological polar surface area (TPSA) is 24.9 Å². The minimum atomic E-state index is 0.674. The molecule has 1 fully saturated rings. The zero-order valence-corrected chi connectivity index (χ0v) is 12.1. The summed E-state index contributed by atoms with van der Waals surface area (Å²) in [6.07, 6.45) is 5.14. The van der Waals surface area contributed by atoms with Crippen molar-refractivity contribution in [2.24, 2.45) is 0 Å². The third kappa shape index (κ3) is 3.08. The second-order valence-corrected chi connectivity index (χ2v) is 6.04. The number of nitrogens with one attached hydrogen (secondary N) is 1. The van der Waals surface area contributed by atoms with Crippen molar-refractivity contribution in [2.45, 2.75) is 64.8 Å². The van der Waals surface area contributed by atoms with Gasteiger partial charge in [-0.2, -0.15) is 0 Å². The summed E-state index contributed by atoms with van der Waals surface area (Å²) in [5.41, 5.74) is 1.41. The van der Waals surface area contributed by atoms with Crippen LogP contribution in [-0.4, -0.2) is 11.5 Å². The molecule has 0 atom stereocenters. The zero-order valence-electron chi connectivity index (χ0n) is 11.3. The summed E-state index contributed by atoms with van der Waals surface area (Å²) in [5, 5.41) is 4.83. The highest BCUT2D eigenvalue weighted by Crippen LogP contribution is 2.44. The molecule has 1 aliphatic rings. The van der Waals surface area contributed by atoms with E-state index in [1.807, 2.05) is 11.3 Å². The van der Waals surface area contributed by atoms with Crippen LogP contribution in [0.1, 0.15) is 73.9 Å². The molecule has 0 bridgehead atoms. The Labute approximate surface area is 109 Å². The minimum Gasteiger partial charge on any atom is -0.312 e. The van der Waals surface area contributed by atoms with E-state index >= 15 is 0 Å². The SMILES string of the molecule is CCNCc1sc(C(CC)CC)nc1C1CC1. The van der Waals surface area contributed by atoms with Gasteiger partial charge in [0.2, 0.25) is 0 Å². The van der Waals surface area contributed by atoms with Crippen LogP contribution in [0.15, 0.2) is 0 Å². The summed E-state index contributed by atoms with van der Waals surface area (Å²) in [4.78, 5) is 6.44. The highest BCUT2D eigenvalue weighted by molar-refractivity contribution is 7.11. The van der Waals surface area contributed by atoms with Crippen LogP contribution in [0.2, 0.25) is 0 Å². The average Bonchev–Trinajstić information content (AvgIpc) is 3.10. The molecule has 1 heterocycles. The number of aromatic nitrogens is 1. The Morgan fingerprint density at radius 3 is 2.53 bits per heavy atom. The van der Waals surface area contributed by atoms with Crippen molar-refractivity contribution >= 4 is 11.3 Å². The van der Waals surface area contributed by atoms with E-state index in [0.717, 1.165) is 19.0 Å². The lowest BCUT2D eigenvalue weighted by Crippen LogP contribution is -2.11. The second kappa shape index (κ2) is 5.96. The molecular weight excluding hydrogens is 228 g/mol. The van der Waals surface area contributed by atoms with E-state index in [1.54, 1.807) is 0 Å². The molecule has 2 nitrogen and oxygen atoms in total. The molecule has 0 saturated heterocycles. The third-order valence-electron chi connectivity index (χ3n) is 3.58. The number of thiazole rings is 1. The average molecular weight is 252 g/mol. The van der Waals surface area contributed by atoms with Crippen molar-refractivity contribution in [1.29, 1.82) is 0 Å². The van der Waals surface area contributed by atoms with Gasteiger partial charge in [-0.1, -0.05) is 20.8 Å². The maximum atomic E-state index is 4.95. The lowest BCUT2D eigenvalue weighted by atomic mass is 10.1. The molecule has 0 unspecified atom stereocenters. The normalized spacial score (nSPS) is 15.8. The van der Waals surface area contributed by atoms with Gasteiger partial charge in [-0.05, 0) is 32.2 Å². The van der Waals surface area contributed by atoms with Gasteiger partial charge in [-0.15, -0.1) is 11.3 Å². The standard InChI is InChI=1S/C14H24N2S/c1-4-10(5-2)14-16-13(11-7-8-11)12(17-14)9-15-6-3/h10-11,15H,4-9H2,1-3H3. The molecule has 17 heavy (non-hydrogen) atoms. The molecule has 1 aromatic heterocycles. The zero-order chi connectivity index (χ0) is 12.3. The largest absolute Gasteiger partial charge is 0.312 e. The number of rotatable bonds is 7. The highest BCUT2D eigenvalue weighted by atomic mass is 32.1. The Balaban J connectivity index is 2.17. The van der Waals surface area contributed by atoms with Crippen molar-refractivity contribution in [3.8, 4) is 0 Å². The molecule has 2 rings (SSSR count). The minimum absolute atomic E-state index is 0.674. The number of hydrogen-bond donors (Lipinski definition) is 1. The van der Waals surface area contributed by atoms with Gasteiger partial charge in [0.1, 0.15) is 0 Å². The highest BCUT2D eigenvalue weighted by Gasteiger charge is 2.30. The molecule has 0 spiro atoms. The first-order chi connectivity index (χ1) is 8.30. The predicted octanol–water partition coefficient (Wildman–Crippen LogP) is 4.03. The van der Waals surface area contributed by atoms with Gasteiger partial charge in [-0.3, -0.25) is 0 Å². The molecule has 0 radical (unpaired) electrons. The van der Waals surface area contributed by atoms with Crippen LogP contribution in [0.3, 0.4) is 0 Å². The van der Waals surface area contributed by atoms with Crippen molar-refractivity contribution < 1.29 is 0 Å². The van der Waals surface area contributed by atoms with Crippen LogP contribution in [0, 0.1) is 0 Å². The van der Waals surface area contributed by atoms with E-state index in [4.69, 9.17) is 4.98 Å². The van der Waals surface area contributed by atoms with Crippen molar-refractivity contribution in [3.63, 3.8) is 0 Å².